The monoisotopic (exact) mass is 413 g/mol. The molecule has 30 heavy (non-hydrogen) atoms. The van der Waals surface area contributed by atoms with Gasteiger partial charge in [0.2, 0.25) is 11.8 Å². The smallest absolute Gasteiger partial charge is 0.254 e. The van der Waals surface area contributed by atoms with Gasteiger partial charge in [0.15, 0.2) is 5.82 Å². The highest BCUT2D eigenvalue weighted by atomic mass is 16.5. The van der Waals surface area contributed by atoms with Crippen LogP contribution in [0.15, 0.2) is 34.9 Å². The third kappa shape index (κ3) is 4.68. The number of morpholine rings is 1. The molecule has 2 amide bonds. The van der Waals surface area contributed by atoms with Gasteiger partial charge in [0, 0.05) is 38.3 Å². The van der Waals surface area contributed by atoms with E-state index in [0.717, 1.165) is 13.1 Å². The number of benzene rings is 1. The van der Waals surface area contributed by atoms with Gasteiger partial charge in [-0.25, -0.2) is 0 Å². The average Bonchev–Trinajstić information content (AvgIpc) is 3.08. The molecule has 0 aliphatic carbocycles. The lowest BCUT2D eigenvalue weighted by molar-refractivity contribution is -0.133. The zero-order valence-electron chi connectivity index (χ0n) is 17.2. The second kappa shape index (κ2) is 9.36. The largest absolute Gasteiger partial charge is 0.379 e. The second-order valence-electron chi connectivity index (χ2n) is 7.62. The van der Waals surface area contributed by atoms with Crippen molar-refractivity contribution < 1.29 is 18.8 Å². The van der Waals surface area contributed by atoms with Crippen LogP contribution in [0.3, 0.4) is 0 Å². The average molecular weight is 413 g/mol. The third-order valence-electron chi connectivity index (χ3n) is 5.58. The van der Waals surface area contributed by atoms with Crippen molar-refractivity contribution in [2.24, 2.45) is 0 Å². The summed E-state index contributed by atoms with van der Waals surface area (Å²) < 4.78 is 10.8. The van der Waals surface area contributed by atoms with Crippen LogP contribution in [0.4, 0.5) is 0 Å². The number of amides is 2. The molecule has 1 aromatic heterocycles. The summed E-state index contributed by atoms with van der Waals surface area (Å²) in [6.07, 6.45) is 0.551. The maximum Gasteiger partial charge on any atom is 0.254 e. The molecule has 2 saturated heterocycles. The van der Waals surface area contributed by atoms with Gasteiger partial charge in [-0.1, -0.05) is 23.4 Å². The van der Waals surface area contributed by atoms with Crippen LogP contribution in [0.2, 0.25) is 0 Å². The summed E-state index contributed by atoms with van der Waals surface area (Å²) in [5.74, 6) is 0.922. The van der Waals surface area contributed by atoms with Crippen LogP contribution in [0.25, 0.3) is 0 Å². The van der Waals surface area contributed by atoms with Crippen molar-refractivity contribution in [1.29, 1.82) is 0 Å². The van der Waals surface area contributed by atoms with E-state index in [4.69, 9.17) is 9.26 Å². The summed E-state index contributed by atoms with van der Waals surface area (Å²) in [4.78, 5) is 36.2. The zero-order chi connectivity index (χ0) is 20.9. The Kier molecular flexibility index (Phi) is 6.39. The molecule has 2 aromatic rings. The second-order valence-corrected chi connectivity index (χ2v) is 7.62. The molecule has 0 spiro atoms. The summed E-state index contributed by atoms with van der Waals surface area (Å²) in [5, 5.41) is 3.90. The molecular weight excluding hydrogens is 386 g/mol. The SMILES string of the molecule is Cc1noc(C2CCN(C(=O)CN3CCOCC3)CCN2C(=O)c2ccccc2)n1. The number of hydrogen-bond donors (Lipinski definition) is 0. The molecule has 2 fully saturated rings. The number of hydrogen-bond acceptors (Lipinski definition) is 7. The van der Waals surface area contributed by atoms with Gasteiger partial charge in [-0.2, -0.15) is 4.98 Å². The Morgan fingerprint density at radius 1 is 1.07 bits per heavy atom. The molecular formula is C21H27N5O4. The van der Waals surface area contributed by atoms with Crippen LogP contribution in [0.5, 0.6) is 0 Å². The first kappa shape index (κ1) is 20.5. The molecule has 3 heterocycles. The van der Waals surface area contributed by atoms with E-state index >= 15 is 0 Å². The molecule has 160 valence electrons. The first-order valence-electron chi connectivity index (χ1n) is 10.4. The number of carbonyl (C=O) groups excluding carboxylic acids is 2. The summed E-state index contributed by atoms with van der Waals surface area (Å²) in [5.41, 5.74) is 0.604. The Morgan fingerprint density at radius 3 is 2.53 bits per heavy atom. The minimum atomic E-state index is -0.361. The van der Waals surface area contributed by atoms with E-state index in [-0.39, 0.29) is 17.9 Å². The summed E-state index contributed by atoms with van der Waals surface area (Å²) in [7, 11) is 0. The molecule has 0 bridgehead atoms. The molecule has 2 aliphatic rings. The van der Waals surface area contributed by atoms with Gasteiger partial charge >= 0.3 is 0 Å². The summed E-state index contributed by atoms with van der Waals surface area (Å²) >= 11 is 0. The van der Waals surface area contributed by atoms with Crippen LogP contribution in [-0.4, -0.2) is 89.1 Å². The van der Waals surface area contributed by atoms with E-state index in [2.05, 4.69) is 15.0 Å². The summed E-state index contributed by atoms with van der Waals surface area (Å²) in [6.45, 7) is 6.40. The van der Waals surface area contributed by atoms with Gasteiger partial charge in [0.25, 0.3) is 5.91 Å². The van der Waals surface area contributed by atoms with Crippen molar-refractivity contribution >= 4 is 11.8 Å². The van der Waals surface area contributed by atoms with Crippen LogP contribution >= 0.6 is 0 Å². The standard InChI is InChI=1S/C21H27N5O4/c1-16-22-20(30-23-16)18-7-8-25(19(27)15-24-11-13-29-14-12-24)9-10-26(18)21(28)17-5-3-2-4-6-17/h2-6,18H,7-15H2,1H3. The molecule has 9 nitrogen and oxygen atoms in total. The first-order valence-corrected chi connectivity index (χ1v) is 10.4. The fourth-order valence-corrected chi connectivity index (χ4v) is 3.92. The first-order chi connectivity index (χ1) is 14.6. The van der Waals surface area contributed by atoms with Crippen LogP contribution < -0.4 is 0 Å². The van der Waals surface area contributed by atoms with E-state index in [9.17, 15) is 9.59 Å². The fourth-order valence-electron chi connectivity index (χ4n) is 3.92. The van der Waals surface area contributed by atoms with E-state index in [1.54, 1.807) is 24.0 Å². The Bertz CT molecular complexity index is 865. The maximum atomic E-state index is 13.2. The summed E-state index contributed by atoms with van der Waals surface area (Å²) in [6, 6.07) is 8.80. The topological polar surface area (TPSA) is 92.0 Å². The number of aromatic nitrogens is 2. The van der Waals surface area contributed by atoms with Crippen molar-refractivity contribution in [2.45, 2.75) is 19.4 Å². The molecule has 0 radical (unpaired) electrons. The van der Waals surface area contributed by atoms with Crippen LogP contribution in [0.1, 0.15) is 34.5 Å². The lowest BCUT2D eigenvalue weighted by Gasteiger charge is -2.29. The van der Waals surface area contributed by atoms with E-state index in [1.165, 1.54) is 0 Å². The highest BCUT2D eigenvalue weighted by Gasteiger charge is 2.34. The number of aryl methyl sites for hydroxylation is 1. The van der Waals surface area contributed by atoms with Gasteiger partial charge in [0.1, 0.15) is 6.04 Å². The lowest BCUT2D eigenvalue weighted by Crippen LogP contribution is -2.46. The molecule has 0 N–H and O–H groups in total. The minimum Gasteiger partial charge on any atom is -0.379 e. The van der Waals surface area contributed by atoms with Gasteiger partial charge in [-0.05, 0) is 25.5 Å². The molecule has 1 unspecified atom stereocenters. The van der Waals surface area contributed by atoms with Gasteiger partial charge in [-0.15, -0.1) is 0 Å². The van der Waals surface area contributed by atoms with Crippen molar-refractivity contribution in [3.8, 4) is 0 Å². The highest BCUT2D eigenvalue weighted by Crippen LogP contribution is 2.27. The molecule has 4 rings (SSSR count). The Hall–Kier alpha value is -2.78. The lowest BCUT2D eigenvalue weighted by atomic mass is 10.1. The van der Waals surface area contributed by atoms with Gasteiger partial charge < -0.3 is 19.1 Å². The van der Waals surface area contributed by atoms with E-state index < -0.39 is 0 Å². The Balaban J connectivity index is 1.51. The number of ether oxygens (including phenoxy) is 1. The molecule has 9 heteroatoms. The van der Waals surface area contributed by atoms with Crippen molar-refractivity contribution in [3.05, 3.63) is 47.6 Å². The zero-order valence-corrected chi connectivity index (χ0v) is 17.2. The quantitative estimate of drug-likeness (QED) is 0.742. The minimum absolute atomic E-state index is 0.0753. The maximum absolute atomic E-state index is 13.2. The van der Waals surface area contributed by atoms with Gasteiger partial charge in [-0.3, -0.25) is 14.5 Å². The van der Waals surface area contributed by atoms with Crippen molar-refractivity contribution in [3.63, 3.8) is 0 Å². The van der Waals surface area contributed by atoms with Crippen molar-refractivity contribution in [1.82, 2.24) is 24.8 Å². The molecule has 2 aliphatic heterocycles. The van der Waals surface area contributed by atoms with Gasteiger partial charge in [0.05, 0.1) is 19.8 Å². The fraction of sp³-hybridized carbons (Fsp3) is 0.524. The third-order valence-corrected chi connectivity index (χ3v) is 5.58. The number of rotatable bonds is 4. The highest BCUT2D eigenvalue weighted by molar-refractivity contribution is 5.94. The van der Waals surface area contributed by atoms with E-state index in [0.29, 0.717) is 63.1 Å². The Labute approximate surface area is 175 Å². The van der Waals surface area contributed by atoms with Crippen LogP contribution in [0, 0.1) is 6.92 Å². The molecule has 0 saturated carbocycles. The molecule has 1 aromatic carbocycles. The normalized spacial score (nSPS) is 20.8. The van der Waals surface area contributed by atoms with Crippen LogP contribution in [-0.2, 0) is 9.53 Å². The Morgan fingerprint density at radius 2 is 1.83 bits per heavy atom. The predicted octanol–water partition coefficient (Wildman–Crippen LogP) is 1.13. The predicted molar refractivity (Wildman–Crippen MR) is 108 cm³/mol. The number of carbonyl (C=O) groups is 2. The number of nitrogens with zero attached hydrogens (tertiary/aromatic N) is 5. The van der Waals surface area contributed by atoms with Crippen molar-refractivity contribution in [2.75, 3.05) is 52.5 Å². The van der Waals surface area contributed by atoms with E-state index in [1.807, 2.05) is 23.1 Å². The molecule has 1 atom stereocenters.